The molecular formula is C18H17N3O6S2. The SMILES string of the molecule is COC(=O)c1ccc(COC(=O)C(C)NS(=O)(=O)c2cccc3nsnc23)cc1. The molecule has 0 aliphatic carbocycles. The van der Waals surface area contributed by atoms with Gasteiger partial charge in [0, 0.05) is 0 Å². The quantitative estimate of drug-likeness (QED) is 0.558. The molecule has 0 radical (unpaired) electrons. The highest BCUT2D eigenvalue weighted by Gasteiger charge is 2.25. The van der Waals surface area contributed by atoms with Crippen molar-refractivity contribution in [3.8, 4) is 0 Å². The molecule has 29 heavy (non-hydrogen) atoms. The summed E-state index contributed by atoms with van der Waals surface area (Å²) in [4.78, 5) is 23.6. The van der Waals surface area contributed by atoms with Crippen LogP contribution in [0.1, 0.15) is 22.8 Å². The molecule has 152 valence electrons. The van der Waals surface area contributed by atoms with E-state index in [1.165, 1.54) is 20.1 Å². The van der Waals surface area contributed by atoms with E-state index < -0.39 is 28.0 Å². The number of nitrogens with zero attached hydrogens (tertiary/aromatic N) is 2. The number of carbonyl (C=O) groups is 2. The first-order valence-corrected chi connectivity index (χ1v) is 10.6. The van der Waals surface area contributed by atoms with Gasteiger partial charge in [-0.2, -0.15) is 13.5 Å². The summed E-state index contributed by atoms with van der Waals surface area (Å²) < 4.78 is 45.4. The zero-order valence-corrected chi connectivity index (χ0v) is 17.1. The summed E-state index contributed by atoms with van der Waals surface area (Å²) in [5, 5.41) is 0. The Kier molecular flexibility index (Phi) is 6.20. The summed E-state index contributed by atoms with van der Waals surface area (Å²) in [6.07, 6.45) is 0. The molecule has 11 heteroatoms. The monoisotopic (exact) mass is 435 g/mol. The van der Waals surface area contributed by atoms with Gasteiger partial charge in [-0.25, -0.2) is 13.2 Å². The molecule has 0 aliphatic rings. The topological polar surface area (TPSA) is 125 Å². The summed E-state index contributed by atoms with van der Waals surface area (Å²) in [6.45, 7) is 1.32. The Labute approximate surface area is 171 Å². The van der Waals surface area contributed by atoms with E-state index in [-0.39, 0.29) is 17.0 Å². The van der Waals surface area contributed by atoms with Crippen molar-refractivity contribution in [3.05, 3.63) is 53.6 Å². The van der Waals surface area contributed by atoms with E-state index >= 15 is 0 Å². The van der Waals surface area contributed by atoms with Crippen LogP contribution in [0.15, 0.2) is 47.4 Å². The third-order valence-electron chi connectivity index (χ3n) is 3.98. The summed E-state index contributed by atoms with van der Waals surface area (Å²) in [6, 6.07) is 9.81. The fraction of sp³-hybridized carbons (Fsp3) is 0.222. The van der Waals surface area contributed by atoms with Crippen molar-refractivity contribution >= 4 is 44.7 Å². The number of nitrogens with one attached hydrogen (secondary N) is 1. The number of hydrogen-bond acceptors (Lipinski definition) is 9. The zero-order chi connectivity index (χ0) is 21.0. The second kappa shape index (κ2) is 8.64. The summed E-state index contributed by atoms with van der Waals surface area (Å²) in [5.41, 5.74) is 1.72. The van der Waals surface area contributed by atoms with Crippen LogP contribution < -0.4 is 4.72 Å². The van der Waals surface area contributed by atoms with Crippen LogP contribution in [0.3, 0.4) is 0 Å². The molecule has 0 fully saturated rings. The number of sulfonamides is 1. The van der Waals surface area contributed by atoms with Crippen LogP contribution in [-0.4, -0.2) is 42.3 Å². The highest BCUT2D eigenvalue weighted by atomic mass is 32.2. The number of rotatable bonds is 7. The molecule has 1 heterocycles. The maximum atomic E-state index is 12.6. The first kappa shape index (κ1) is 20.8. The minimum atomic E-state index is -4.00. The Morgan fingerprint density at radius 2 is 1.86 bits per heavy atom. The van der Waals surface area contributed by atoms with Gasteiger partial charge in [-0.1, -0.05) is 18.2 Å². The van der Waals surface area contributed by atoms with Crippen LogP contribution in [-0.2, 0) is 30.9 Å². The maximum Gasteiger partial charge on any atom is 0.337 e. The molecule has 1 unspecified atom stereocenters. The molecule has 0 amide bonds. The Bertz CT molecular complexity index is 1140. The van der Waals surface area contributed by atoms with Gasteiger partial charge in [0.1, 0.15) is 28.6 Å². The van der Waals surface area contributed by atoms with Gasteiger partial charge in [-0.3, -0.25) is 4.79 Å². The van der Waals surface area contributed by atoms with Crippen molar-refractivity contribution < 1.29 is 27.5 Å². The Hall–Kier alpha value is -2.89. The molecule has 0 spiro atoms. The second-order valence-electron chi connectivity index (χ2n) is 6.03. The number of fused-ring (bicyclic) bond motifs is 1. The average molecular weight is 435 g/mol. The molecule has 0 saturated heterocycles. The Balaban J connectivity index is 1.63. The average Bonchev–Trinajstić information content (AvgIpc) is 3.20. The van der Waals surface area contributed by atoms with Crippen molar-refractivity contribution in [2.24, 2.45) is 0 Å². The number of carbonyl (C=O) groups excluding carboxylic acids is 2. The molecule has 0 aliphatic heterocycles. The van der Waals surface area contributed by atoms with Gasteiger partial charge in [0.2, 0.25) is 10.0 Å². The van der Waals surface area contributed by atoms with Gasteiger partial charge in [0.05, 0.1) is 24.4 Å². The number of ether oxygens (including phenoxy) is 2. The molecule has 1 N–H and O–H groups in total. The minimum Gasteiger partial charge on any atom is -0.465 e. The molecule has 1 aromatic heterocycles. The van der Waals surface area contributed by atoms with Crippen molar-refractivity contribution in [1.82, 2.24) is 13.5 Å². The van der Waals surface area contributed by atoms with Crippen molar-refractivity contribution in [1.29, 1.82) is 0 Å². The number of esters is 2. The summed E-state index contributed by atoms with van der Waals surface area (Å²) in [7, 11) is -2.72. The van der Waals surface area contributed by atoms with Crippen LogP contribution in [0.4, 0.5) is 0 Å². The normalized spacial score (nSPS) is 12.5. The molecule has 3 aromatic rings. The molecule has 1 atom stereocenters. The third kappa shape index (κ3) is 4.75. The zero-order valence-electron chi connectivity index (χ0n) is 15.5. The lowest BCUT2D eigenvalue weighted by Crippen LogP contribution is -2.39. The Morgan fingerprint density at radius 1 is 1.14 bits per heavy atom. The largest absolute Gasteiger partial charge is 0.465 e. The molecule has 0 saturated carbocycles. The van der Waals surface area contributed by atoms with Gasteiger partial charge in [-0.05, 0) is 36.8 Å². The summed E-state index contributed by atoms with van der Waals surface area (Å²) in [5.74, 6) is -1.21. The van der Waals surface area contributed by atoms with E-state index in [9.17, 15) is 18.0 Å². The van der Waals surface area contributed by atoms with E-state index in [1.807, 2.05) is 0 Å². The molecule has 2 aromatic carbocycles. The molecule has 0 bridgehead atoms. The van der Waals surface area contributed by atoms with E-state index in [1.54, 1.807) is 36.4 Å². The van der Waals surface area contributed by atoms with Crippen molar-refractivity contribution in [3.63, 3.8) is 0 Å². The van der Waals surface area contributed by atoms with Gasteiger partial charge in [-0.15, -0.1) is 0 Å². The van der Waals surface area contributed by atoms with Crippen LogP contribution in [0, 0.1) is 0 Å². The smallest absolute Gasteiger partial charge is 0.337 e. The Morgan fingerprint density at radius 3 is 2.55 bits per heavy atom. The number of methoxy groups -OCH3 is 1. The fourth-order valence-electron chi connectivity index (χ4n) is 2.48. The summed E-state index contributed by atoms with van der Waals surface area (Å²) >= 11 is 0.905. The predicted molar refractivity (Wildman–Crippen MR) is 105 cm³/mol. The fourth-order valence-corrected chi connectivity index (χ4v) is 4.44. The second-order valence-corrected chi connectivity index (χ2v) is 8.24. The van der Waals surface area contributed by atoms with Crippen molar-refractivity contribution in [2.75, 3.05) is 7.11 Å². The van der Waals surface area contributed by atoms with Gasteiger partial charge in [0.15, 0.2) is 0 Å². The number of aromatic nitrogens is 2. The van der Waals surface area contributed by atoms with E-state index in [0.717, 1.165) is 11.7 Å². The number of benzene rings is 2. The van der Waals surface area contributed by atoms with Crippen LogP contribution in [0.25, 0.3) is 11.0 Å². The first-order valence-electron chi connectivity index (χ1n) is 8.39. The third-order valence-corrected chi connectivity index (χ3v) is 6.10. The van der Waals surface area contributed by atoms with Crippen molar-refractivity contribution in [2.45, 2.75) is 24.5 Å². The van der Waals surface area contributed by atoms with Gasteiger partial charge in [0.25, 0.3) is 0 Å². The highest BCUT2D eigenvalue weighted by Crippen LogP contribution is 2.21. The van der Waals surface area contributed by atoms with Gasteiger partial charge >= 0.3 is 11.9 Å². The standard InChI is InChI=1S/C18H17N3O6S2/c1-11(17(22)27-10-12-6-8-13(9-7-12)18(23)26-2)21-29(24,25)15-5-3-4-14-16(15)20-28-19-14/h3-9,11,21H,10H2,1-2H3. The van der Waals surface area contributed by atoms with E-state index in [0.29, 0.717) is 16.6 Å². The van der Waals surface area contributed by atoms with Gasteiger partial charge < -0.3 is 9.47 Å². The number of hydrogen-bond donors (Lipinski definition) is 1. The molecular weight excluding hydrogens is 418 g/mol. The highest BCUT2D eigenvalue weighted by molar-refractivity contribution is 7.89. The maximum absolute atomic E-state index is 12.6. The first-order chi connectivity index (χ1) is 13.8. The van der Waals surface area contributed by atoms with E-state index in [2.05, 4.69) is 18.2 Å². The lowest BCUT2D eigenvalue weighted by molar-refractivity contribution is -0.146. The lowest BCUT2D eigenvalue weighted by Gasteiger charge is -2.14. The minimum absolute atomic E-state index is 0.0539. The van der Waals surface area contributed by atoms with Crippen LogP contribution in [0.2, 0.25) is 0 Å². The van der Waals surface area contributed by atoms with Crippen LogP contribution in [0.5, 0.6) is 0 Å². The molecule has 3 rings (SSSR count). The lowest BCUT2D eigenvalue weighted by atomic mass is 10.1. The van der Waals surface area contributed by atoms with E-state index in [4.69, 9.17) is 4.74 Å². The molecule has 9 nitrogen and oxygen atoms in total. The van der Waals surface area contributed by atoms with Crippen LogP contribution >= 0.6 is 11.7 Å². The predicted octanol–water partition coefficient (Wildman–Crippen LogP) is 1.89.